The summed E-state index contributed by atoms with van der Waals surface area (Å²) in [5.41, 5.74) is 5.45. The number of nitrogens with zero attached hydrogens (tertiary/aromatic N) is 4. The van der Waals surface area contributed by atoms with Crippen LogP contribution in [0.4, 0.5) is 29.3 Å². The summed E-state index contributed by atoms with van der Waals surface area (Å²) in [6, 6.07) is 11.5. The van der Waals surface area contributed by atoms with Crippen LogP contribution in [0.15, 0.2) is 36.4 Å². The topological polar surface area (TPSA) is 111 Å². The Morgan fingerprint density at radius 3 is 2.32 bits per heavy atom. The lowest BCUT2D eigenvalue weighted by molar-refractivity contribution is -0.143. The molecule has 3 atom stereocenters. The average molecular weight is 717 g/mol. The summed E-state index contributed by atoms with van der Waals surface area (Å²) in [7, 11) is 2.21. The number of rotatable bonds is 5. The summed E-state index contributed by atoms with van der Waals surface area (Å²) < 4.78 is 47.4. The van der Waals surface area contributed by atoms with Gasteiger partial charge in [0.2, 0.25) is 5.91 Å². The highest BCUT2D eigenvalue weighted by Crippen LogP contribution is 2.45. The van der Waals surface area contributed by atoms with Gasteiger partial charge in [0.1, 0.15) is 0 Å². The molecule has 270 valence electrons. The molecule has 10 nitrogen and oxygen atoms in total. The van der Waals surface area contributed by atoms with E-state index in [1.807, 2.05) is 24.3 Å². The zero-order valence-electron chi connectivity index (χ0n) is 28.2. The minimum absolute atomic E-state index is 0.0750. The summed E-state index contributed by atoms with van der Waals surface area (Å²) in [6.45, 7) is 2.80. The van der Waals surface area contributed by atoms with E-state index in [1.165, 1.54) is 23.8 Å². The van der Waals surface area contributed by atoms with E-state index < -0.39 is 40.9 Å². The highest BCUT2D eigenvalue weighted by atomic mass is 35.5. The first-order chi connectivity index (χ1) is 23.8. The van der Waals surface area contributed by atoms with Gasteiger partial charge in [-0.3, -0.25) is 14.5 Å². The van der Waals surface area contributed by atoms with Gasteiger partial charge in [0.25, 0.3) is 5.91 Å². The van der Waals surface area contributed by atoms with Crippen LogP contribution < -0.4 is 11.1 Å². The Labute approximate surface area is 295 Å². The highest BCUT2D eigenvalue weighted by molar-refractivity contribution is 6.33. The number of likely N-dealkylation sites (tertiary alicyclic amines) is 1. The van der Waals surface area contributed by atoms with Crippen LogP contribution in [0.1, 0.15) is 61.6 Å². The minimum atomic E-state index is -4.76. The molecule has 2 unspecified atom stereocenters. The number of fused-ring (bicyclic) bond motifs is 4. The van der Waals surface area contributed by atoms with Crippen LogP contribution in [-0.2, 0) is 32.3 Å². The number of nitrogens with two attached hydrogens (primary N) is 1. The lowest BCUT2D eigenvalue weighted by atomic mass is 9.68. The Hall–Kier alpha value is -3.55. The second-order valence-corrected chi connectivity index (χ2v) is 15.1. The smallest absolute Gasteiger partial charge is 0.418 e. The van der Waals surface area contributed by atoms with Crippen molar-refractivity contribution in [1.29, 1.82) is 0 Å². The largest absolute Gasteiger partial charge is 0.436 e. The van der Waals surface area contributed by atoms with E-state index in [0.717, 1.165) is 30.2 Å². The van der Waals surface area contributed by atoms with E-state index in [9.17, 15) is 27.6 Å². The van der Waals surface area contributed by atoms with Gasteiger partial charge < -0.3 is 30.5 Å². The number of ether oxygens (including phenoxy) is 1. The molecule has 2 bridgehead atoms. The maximum atomic E-state index is 14.1. The van der Waals surface area contributed by atoms with E-state index >= 15 is 0 Å². The molecule has 4 fully saturated rings. The lowest BCUT2D eigenvalue weighted by Gasteiger charge is -2.45. The number of piperazine rings is 1. The van der Waals surface area contributed by atoms with Crippen molar-refractivity contribution in [3.8, 4) is 0 Å². The predicted molar refractivity (Wildman–Crippen MR) is 183 cm³/mol. The Balaban J connectivity index is 1.06. The fourth-order valence-electron chi connectivity index (χ4n) is 9.02. The Kier molecular flexibility index (Phi) is 9.44. The van der Waals surface area contributed by atoms with Crippen LogP contribution in [0.3, 0.4) is 0 Å². The number of hydrogen-bond acceptors (Lipinski definition) is 7. The zero-order valence-corrected chi connectivity index (χ0v) is 28.9. The molecule has 5 aliphatic rings. The maximum absolute atomic E-state index is 14.1. The first-order valence-electron chi connectivity index (χ1n) is 17.6. The van der Waals surface area contributed by atoms with Gasteiger partial charge in [0.05, 0.1) is 16.3 Å². The third kappa shape index (κ3) is 6.76. The summed E-state index contributed by atoms with van der Waals surface area (Å²) in [6.07, 6.45) is -1.15. The molecule has 2 aromatic carbocycles. The van der Waals surface area contributed by atoms with Gasteiger partial charge in [-0.25, -0.2) is 4.79 Å². The number of nitrogen functional groups attached to an aromatic ring is 1. The van der Waals surface area contributed by atoms with Gasteiger partial charge in [-0.1, -0.05) is 29.8 Å². The number of hydrogen-bond donors (Lipinski definition) is 2. The van der Waals surface area contributed by atoms with Crippen molar-refractivity contribution in [2.75, 3.05) is 57.4 Å². The number of anilines is 2. The molecule has 14 heteroatoms. The summed E-state index contributed by atoms with van der Waals surface area (Å²) in [4.78, 5) is 48.5. The number of benzene rings is 2. The fourth-order valence-corrected chi connectivity index (χ4v) is 9.26. The number of alkyl halides is 3. The van der Waals surface area contributed by atoms with Gasteiger partial charge in [0, 0.05) is 81.3 Å². The first-order valence-corrected chi connectivity index (χ1v) is 17.9. The minimum Gasteiger partial charge on any atom is -0.436 e. The molecule has 50 heavy (non-hydrogen) atoms. The van der Waals surface area contributed by atoms with Crippen molar-refractivity contribution in [1.82, 2.24) is 19.6 Å². The number of amides is 3. The number of carbonyl (C=O) groups excluding carboxylic acids is 3. The fraction of sp³-hybridized carbons (Fsp3) is 0.583. The van der Waals surface area contributed by atoms with Gasteiger partial charge in [-0.2, -0.15) is 13.2 Å². The van der Waals surface area contributed by atoms with Crippen LogP contribution in [0, 0.1) is 0 Å². The van der Waals surface area contributed by atoms with Gasteiger partial charge in [-0.05, 0) is 74.9 Å². The standard InChI is InChI=1S/C36H44ClF3N6O4/c1-43-23-6-7-24(43)20-25(19-23)44-12-14-45(15-13-44)33(48)30(18-22-16-27(36(38,39)40)32(41)28(37)17-22)50-34(49)46-10-8-35(9-11-46)21-31(47)42-29-5-3-2-4-26(29)35/h2-5,16-17,23-25,30H,6-15,18-21,41H2,1H3,(H,42,47)/t23?,24?,25?,30-/m1/s1. The molecule has 4 saturated heterocycles. The number of nitrogens with one attached hydrogen (secondary N) is 1. The molecule has 1 spiro atoms. The monoisotopic (exact) mass is 716 g/mol. The van der Waals surface area contributed by atoms with Gasteiger partial charge >= 0.3 is 12.3 Å². The quantitative estimate of drug-likeness (QED) is 0.413. The van der Waals surface area contributed by atoms with Crippen molar-refractivity contribution in [3.63, 3.8) is 0 Å². The van der Waals surface area contributed by atoms with Crippen LogP contribution in [0.2, 0.25) is 5.02 Å². The van der Waals surface area contributed by atoms with Crippen molar-refractivity contribution in [2.45, 2.75) is 87.2 Å². The Morgan fingerprint density at radius 1 is 1.00 bits per heavy atom. The SMILES string of the molecule is CN1C2CCC1CC(N1CCN(C(=O)[C@@H](Cc3cc(Cl)c(N)c(C(F)(F)F)c3)OC(=O)N3CCC4(CC3)CC(=O)Nc3ccccc34)CC1)C2. The second-order valence-electron chi connectivity index (χ2n) is 14.7. The number of para-hydroxylation sites is 1. The lowest BCUT2D eigenvalue weighted by Crippen LogP contribution is -2.57. The summed E-state index contributed by atoms with van der Waals surface area (Å²) in [5, 5.41) is 2.64. The molecule has 7 rings (SSSR count). The number of piperidine rings is 2. The zero-order chi connectivity index (χ0) is 35.4. The molecule has 3 amide bonds. The van der Waals surface area contributed by atoms with Crippen molar-refractivity contribution in [2.24, 2.45) is 0 Å². The second kappa shape index (κ2) is 13.5. The van der Waals surface area contributed by atoms with Crippen molar-refractivity contribution >= 4 is 40.9 Å². The third-order valence-corrected chi connectivity index (χ3v) is 12.2. The molecule has 0 radical (unpaired) electrons. The predicted octanol–water partition coefficient (Wildman–Crippen LogP) is 5.13. The molecule has 0 aliphatic carbocycles. The maximum Gasteiger partial charge on any atom is 0.418 e. The van der Waals surface area contributed by atoms with Crippen LogP contribution >= 0.6 is 11.6 Å². The van der Waals surface area contributed by atoms with Crippen molar-refractivity contribution in [3.05, 3.63) is 58.1 Å². The summed E-state index contributed by atoms with van der Waals surface area (Å²) >= 11 is 6.13. The molecule has 3 N–H and O–H groups in total. The van der Waals surface area contributed by atoms with Crippen LogP contribution in [0.25, 0.3) is 0 Å². The van der Waals surface area contributed by atoms with E-state index in [2.05, 4.69) is 22.2 Å². The molecular weight excluding hydrogens is 673 g/mol. The first kappa shape index (κ1) is 34.9. The molecule has 0 saturated carbocycles. The number of halogens is 4. The van der Waals surface area contributed by atoms with E-state index in [0.29, 0.717) is 76.7 Å². The Morgan fingerprint density at radius 2 is 1.66 bits per heavy atom. The van der Waals surface area contributed by atoms with Crippen LogP contribution in [-0.4, -0.2) is 108 Å². The van der Waals surface area contributed by atoms with E-state index in [1.54, 1.807) is 4.90 Å². The highest BCUT2D eigenvalue weighted by Gasteiger charge is 2.45. The molecule has 2 aromatic rings. The van der Waals surface area contributed by atoms with Crippen LogP contribution in [0.5, 0.6) is 0 Å². The molecule has 0 aromatic heterocycles. The Bertz CT molecular complexity index is 1630. The van der Waals surface area contributed by atoms with Gasteiger partial charge in [0.15, 0.2) is 6.10 Å². The van der Waals surface area contributed by atoms with Crippen molar-refractivity contribution < 1.29 is 32.3 Å². The average Bonchev–Trinajstić information content (AvgIpc) is 3.27. The molecule has 5 aliphatic heterocycles. The summed E-state index contributed by atoms with van der Waals surface area (Å²) in [5.74, 6) is -0.525. The molecule has 5 heterocycles. The van der Waals surface area contributed by atoms with E-state index in [-0.39, 0.29) is 22.9 Å². The van der Waals surface area contributed by atoms with Gasteiger partial charge in [-0.15, -0.1) is 0 Å². The molecular formula is C36H44ClF3N6O4. The normalized spacial score (nSPS) is 26.0. The third-order valence-electron chi connectivity index (χ3n) is 11.9. The van der Waals surface area contributed by atoms with E-state index in [4.69, 9.17) is 22.1 Å². The number of carbonyl (C=O) groups is 3.